The van der Waals surface area contributed by atoms with Crippen LogP contribution in [0.15, 0.2) is 47.3 Å². The highest BCUT2D eigenvalue weighted by Gasteiger charge is 2.37. The Morgan fingerprint density at radius 2 is 2.17 bits per heavy atom. The maximum Gasteiger partial charge on any atom is 0.253 e. The zero-order valence-corrected chi connectivity index (χ0v) is 17.5. The van der Waals surface area contributed by atoms with Gasteiger partial charge in [-0.1, -0.05) is 6.92 Å². The van der Waals surface area contributed by atoms with Crippen molar-refractivity contribution in [3.05, 3.63) is 59.9 Å². The number of hydrogen-bond donors (Lipinski definition) is 0. The lowest BCUT2D eigenvalue weighted by molar-refractivity contribution is 0.0676. The van der Waals surface area contributed by atoms with Crippen molar-refractivity contribution in [2.75, 3.05) is 13.1 Å². The van der Waals surface area contributed by atoms with E-state index in [4.69, 9.17) is 4.42 Å². The second-order valence-electron chi connectivity index (χ2n) is 8.21. The molecule has 0 aliphatic carbocycles. The van der Waals surface area contributed by atoms with Crippen LogP contribution in [0.1, 0.15) is 41.0 Å². The summed E-state index contributed by atoms with van der Waals surface area (Å²) in [6, 6.07) is 9.53. The molecular weight excluding hydrogens is 385 g/mol. The van der Waals surface area contributed by atoms with E-state index in [1.54, 1.807) is 10.8 Å². The number of carbonyl (C=O) groups is 1. The number of likely N-dealkylation sites (tertiary alicyclic amines) is 1. The van der Waals surface area contributed by atoms with Crippen molar-refractivity contribution >= 4 is 31.9 Å². The van der Waals surface area contributed by atoms with Gasteiger partial charge >= 0.3 is 0 Å². The third kappa shape index (κ3) is 3.29. The Hall–Kier alpha value is -2.79. The highest BCUT2D eigenvalue weighted by Crippen LogP contribution is 2.38. The second kappa shape index (κ2) is 6.63. The molecule has 1 saturated heterocycles. The maximum absolute atomic E-state index is 13.3. The molecule has 0 bridgehead atoms. The Bertz CT molecular complexity index is 1230. The van der Waals surface area contributed by atoms with Gasteiger partial charge in [-0.25, -0.2) is 9.50 Å². The van der Waals surface area contributed by atoms with E-state index in [1.165, 1.54) is 6.33 Å². The summed E-state index contributed by atoms with van der Waals surface area (Å²) in [6.07, 6.45) is 4.10. The fraction of sp³-hybridized carbons (Fsp3) is 0.333. The molecule has 0 saturated carbocycles. The van der Waals surface area contributed by atoms with Gasteiger partial charge < -0.3 is 9.32 Å². The summed E-state index contributed by atoms with van der Waals surface area (Å²) >= 11 is 0. The van der Waals surface area contributed by atoms with Crippen molar-refractivity contribution in [2.24, 2.45) is 0 Å². The molecule has 1 fully saturated rings. The van der Waals surface area contributed by atoms with Gasteiger partial charge in [0.1, 0.15) is 11.9 Å². The molecule has 3 atom stereocenters. The first-order chi connectivity index (χ1) is 13.9. The predicted octanol–water partition coefficient (Wildman–Crippen LogP) is 3.44. The van der Waals surface area contributed by atoms with Gasteiger partial charge in [-0.15, -0.1) is 9.24 Å². The zero-order chi connectivity index (χ0) is 20.2. The summed E-state index contributed by atoms with van der Waals surface area (Å²) in [7, 11) is 2.94. The summed E-state index contributed by atoms with van der Waals surface area (Å²) in [5, 5.41) is 5.20. The molecule has 1 amide bonds. The third-order valence-corrected chi connectivity index (χ3v) is 5.94. The Labute approximate surface area is 170 Å². The number of nitrogens with zero attached hydrogens (tertiary/aromatic N) is 5. The molecule has 4 aromatic rings. The van der Waals surface area contributed by atoms with Gasteiger partial charge in [0.05, 0.1) is 12.0 Å². The smallest absolute Gasteiger partial charge is 0.253 e. The summed E-state index contributed by atoms with van der Waals surface area (Å²) in [5.74, 6) is 0.769. The minimum absolute atomic E-state index is 0.0343. The molecule has 5 rings (SSSR count). The van der Waals surface area contributed by atoms with E-state index in [0.29, 0.717) is 24.4 Å². The quantitative estimate of drug-likeness (QED) is 0.476. The number of hydrogen-bond acceptors (Lipinski definition) is 5. The van der Waals surface area contributed by atoms with Crippen LogP contribution in [0, 0.1) is 6.92 Å². The van der Waals surface area contributed by atoms with E-state index in [0.717, 1.165) is 28.8 Å². The van der Waals surface area contributed by atoms with E-state index < -0.39 is 0 Å². The van der Waals surface area contributed by atoms with Crippen LogP contribution >= 0.6 is 9.24 Å². The van der Waals surface area contributed by atoms with E-state index in [9.17, 15) is 4.79 Å². The van der Waals surface area contributed by atoms with Crippen LogP contribution in [-0.2, 0) is 0 Å². The minimum Gasteiger partial charge on any atom is -0.464 e. The predicted molar refractivity (Wildman–Crippen MR) is 113 cm³/mol. The third-order valence-electron chi connectivity index (χ3n) is 5.52. The number of aromatic nitrogens is 4. The molecule has 0 spiro atoms. The lowest BCUT2D eigenvalue weighted by Crippen LogP contribution is -2.49. The average molecular weight is 407 g/mol. The Kier molecular flexibility index (Phi) is 4.17. The number of benzene rings is 1. The van der Waals surface area contributed by atoms with Gasteiger partial charge in [-0.05, 0) is 43.7 Å². The summed E-state index contributed by atoms with van der Waals surface area (Å²) in [6.45, 7) is 5.45. The fourth-order valence-corrected chi connectivity index (χ4v) is 4.85. The number of amides is 1. The van der Waals surface area contributed by atoms with Crippen LogP contribution in [0.3, 0.4) is 0 Å². The Morgan fingerprint density at radius 1 is 1.31 bits per heavy atom. The van der Waals surface area contributed by atoms with Gasteiger partial charge in [0.25, 0.3) is 11.7 Å². The second-order valence-corrected chi connectivity index (χ2v) is 9.60. The van der Waals surface area contributed by atoms with Gasteiger partial charge in [-0.2, -0.15) is 10.1 Å². The first kappa shape index (κ1) is 18.3. The number of furan rings is 1. The molecule has 1 aliphatic heterocycles. The molecular formula is C21H22N5O2P. The Balaban J connectivity index is 1.51. The van der Waals surface area contributed by atoms with Crippen LogP contribution in [0.4, 0.5) is 0 Å². The van der Waals surface area contributed by atoms with Gasteiger partial charge in [0, 0.05) is 40.8 Å². The van der Waals surface area contributed by atoms with Crippen LogP contribution in [0.2, 0.25) is 0 Å². The minimum atomic E-state index is -0.0948. The molecule has 1 aromatic carbocycles. The van der Waals surface area contributed by atoms with Crippen molar-refractivity contribution in [3.63, 3.8) is 0 Å². The lowest BCUT2D eigenvalue weighted by Gasteiger charge is -2.42. The van der Waals surface area contributed by atoms with E-state index >= 15 is 0 Å². The molecule has 1 aliphatic rings. The standard InChI is InChI=1S/C21H22N5O2P/c1-13-7-17(26-20(24-13)22-12-23-26)16-9-21(2,29)11-25(10-16)19(27)15-3-4-18-14(8-15)5-6-28-18/h3-8,12,16H,9-11,29H2,1-2H3. The highest BCUT2D eigenvalue weighted by atomic mass is 31.0. The molecule has 0 N–H and O–H groups in total. The van der Waals surface area contributed by atoms with Crippen molar-refractivity contribution in [1.29, 1.82) is 0 Å². The molecule has 3 aromatic heterocycles. The van der Waals surface area contributed by atoms with Gasteiger partial charge in [-0.3, -0.25) is 4.79 Å². The van der Waals surface area contributed by atoms with Crippen molar-refractivity contribution in [2.45, 2.75) is 31.3 Å². The van der Waals surface area contributed by atoms with Crippen LogP contribution < -0.4 is 0 Å². The molecule has 8 heteroatoms. The van der Waals surface area contributed by atoms with Gasteiger partial charge in [0.2, 0.25) is 0 Å². The van der Waals surface area contributed by atoms with Crippen LogP contribution in [0.5, 0.6) is 0 Å². The SMILES string of the molecule is Cc1cc(C2CN(C(=O)c3ccc4occc4c3)CC(C)(P)C2)n2ncnc2n1. The molecule has 148 valence electrons. The molecule has 29 heavy (non-hydrogen) atoms. The lowest BCUT2D eigenvalue weighted by atomic mass is 9.86. The molecule has 7 nitrogen and oxygen atoms in total. The fourth-order valence-electron chi connectivity index (χ4n) is 4.34. The van der Waals surface area contributed by atoms with E-state index in [1.807, 2.05) is 36.1 Å². The summed E-state index contributed by atoms with van der Waals surface area (Å²) in [4.78, 5) is 24.0. The topological polar surface area (TPSA) is 76.5 Å². The monoisotopic (exact) mass is 407 g/mol. The maximum atomic E-state index is 13.3. The van der Waals surface area contributed by atoms with E-state index in [-0.39, 0.29) is 17.0 Å². The number of piperidine rings is 1. The number of fused-ring (bicyclic) bond motifs is 2. The van der Waals surface area contributed by atoms with Gasteiger partial charge in [0.15, 0.2) is 0 Å². The van der Waals surface area contributed by atoms with Crippen LogP contribution in [-0.4, -0.2) is 48.6 Å². The molecule has 4 heterocycles. The summed E-state index contributed by atoms with van der Waals surface area (Å²) < 4.78 is 7.20. The Morgan fingerprint density at radius 3 is 3.03 bits per heavy atom. The summed E-state index contributed by atoms with van der Waals surface area (Å²) in [5.41, 5.74) is 3.41. The average Bonchev–Trinajstić information content (AvgIpc) is 3.33. The van der Waals surface area contributed by atoms with Crippen molar-refractivity contribution in [3.8, 4) is 0 Å². The van der Waals surface area contributed by atoms with Crippen molar-refractivity contribution < 1.29 is 9.21 Å². The number of rotatable bonds is 2. The first-order valence-electron chi connectivity index (χ1n) is 9.62. The normalized spacial score (nSPS) is 22.4. The number of carbonyl (C=O) groups excluding carboxylic acids is 1. The molecule has 3 unspecified atom stereocenters. The highest BCUT2D eigenvalue weighted by molar-refractivity contribution is 7.19. The largest absolute Gasteiger partial charge is 0.464 e. The first-order valence-corrected chi connectivity index (χ1v) is 10.2. The van der Waals surface area contributed by atoms with Crippen LogP contribution in [0.25, 0.3) is 16.7 Å². The molecule has 0 radical (unpaired) electrons. The number of aryl methyl sites for hydroxylation is 1. The van der Waals surface area contributed by atoms with Crippen molar-refractivity contribution in [1.82, 2.24) is 24.5 Å². The van der Waals surface area contributed by atoms with E-state index in [2.05, 4.69) is 37.3 Å². The zero-order valence-electron chi connectivity index (χ0n) is 16.4.